The Morgan fingerprint density at radius 1 is 1.69 bits per heavy atom. The number of nitriles is 1. The Morgan fingerprint density at radius 3 is 2.69 bits per heavy atom. The van der Waals surface area contributed by atoms with E-state index in [1.807, 2.05) is 0 Å². The Morgan fingerprint density at radius 2 is 2.31 bits per heavy atom. The molecule has 1 aromatic heterocycles. The van der Waals surface area contributed by atoms with Crippen molar-refractivity contribution in [2.45, 2.75) is 19.8 Å². The zero-order valence-electron chi connectivity index (χ0n) is 7.77. The van der Waals surface area contributed by atoms with Crippen molar-refractivity contribution in [3.8, 4) is 6.07 Å². The van der Waals surface area contributed by atoms with Crippen molar-refractivity contribution in [2.24, 2.45) is 7.05 Å². The van der Waals surface area contributed by atoms with Gasteiger partial charge in [0.2, 0.25) is 5.78 Å². The standard InChI is InChI=1S/C8H10N4O/c1-5(7(13)4-9)8-10-6(2)11-12(8)3/h5H,1-3H3. The van der Waals surface area contributed by atoms with Gasteiger partial charge in [-0.15, -0.1) is 0 Å². The molecule has 1 heterocycles. The van der Waals surface area contributed by atoms with E-state index in [1.165, 1.54) is 4.68 Å². The molecule has 5 nitrogen and oxygen atoms in total. The van der Waals surface area contributed by atoms with Crippen LogP contribution in [0.2, 0.25) is 0 Å². The number of carbonyl (C=O) groups excluding carboxylic acids is 1. The largest absolute Gasteiger partial charge is 0.282 e. The first-order valence-corrected chi connectivity index (χ1v) is 3.87. The molecule has 0 N–H and O–H groups in total. The molecule has 1 rings (SSSR count). The second-order valence-corrected chi connectivity index (χ2v) is 2.84. The van der Waals surface area contributed by atoms with Gasteiger partial charge in [0, 0.05) is 7.05 Å². The van der Waals surface area contributed by atoms with Gasteiger partial charge in [0.05, 0.1) is 5.92 Å². The first kappa shape index (κ1) is 9.39. The SMILES string of the molecule is Cc1nc(C(C)C(=O)C#N)n(C)n1. The molecule has 0 fully saturated rings. The summed E-state index contributed by atoms with van der Waals surface area (Å²) >= 11 is 0. The third-order valence-electron chi connectivity index (χ3n) is 1.79. The van der Waals surface area contributed by atoms with Gasteiger partial charge in [-0.2, -0.15) is 10.4 Å². The van der Waals surface area contributed by atoms with Gasteiger partial charge < -0.3 is 0 Å². The van der Waals surface area contributed by atoms with E-state index in [9.17, 15) is 4.79 Å². The van der Waals surface area contributed by atoms with Crippen LogP contribution in [0.25, 0.3) is 0 Å². The number of hydrogen-bond donors (Lipinski definition) is 0. The lowest BCUT2D eigenvalue weighted by atomic mass is 10.1. The molecular weight excluding hydrogens is 168 g/mol. The molecular formula is C8H10N4O. The van der Waals surface area contributed by atoms with Gasteiger partial charge >= 0.3 is 0 Å². The van der Waals surface area contributed by atoms with E-state index in [2.05, 4.69) is 10.1 Å². The molecule has 1 aromatic rings. The smallest absolute Gasteiger partial charge is 0.242 e. The molecule has 68 valence electrons. The summed E-state index contributed by atoms with van der Waals surface area (Å²) in [6.07, 6.45) is 0. The number of hydrogen-bond acceptors (Lipinski definition) is 4. The maximum Gasteiger partial charge on any atom is 0.242 e. The Balaban J connectivity index is 3.02. The highest BCUT2D eigenvalue weighted by Gasteiger charge is 2.19. The topological polar surface area (TPSA) is 71.6 Å². The monoisotopic (exact) mass is 178 g/mol. The molecule has 0 saturated carbocycles. The summed E-state index contributed by atoms with van der Waals surface area (Å²) in [6, 6.07) is 1.58. The zero-order valence-corrected chi connectivity index (χ0v) is 7.77. The van der Waals surface area contributed by atoms with Crippen molar-refractivity contribution in [2.75, 3.05) is 0 Å². The molecule has 5 heteroatoms. The summed E-state index contributed by atoms with van der Waals surface area (Å²) in [4.78, 5) is 15.1. The minimum atomic E-state index is -0.504. The highest BCUT2D eigenvalue weighted by Crippen LogP contribution is 2.12. The van der Waals surface area contributed by atoms with Crippen LogP contribution < -0.4 is 0 Å². The summed E-state index contributed by atoms with van der Waals surface area (Å²) < 4.78 is 1.52. The molecule has 0 aromatic carbocycles. The lowest BCUT2D eigenvalue weighted by Crippen LogP contribution is -2.12. The van der Waals surface area contributed by atoms with Crippen LogP contribution in [-0.2, 0) is 11.8 Å². The fourth-order valence-electron chi connectivity index (χ4n) is 1.12. The molecule has 1 atom stereocenters. The summed E-state index contributed by atoms with van der Waals surface area (Å²) in [6.45, 7) is 3.39. The lowest BCUT2D eigenvalue weighted by Gasteiger charge is -2.02. The van der Waals surface area contributed by atoms with Crippen LogP contribution in [0.4, 0.5) is 0 Å². The van der Waals surface area contributed by atoms with Gasteiger partial charge in [-0.05, 0) is 13.8 Å². The Bertz CT molecular complexity index is 374. The number of carbonyl (C=O) groups is 1. The molecule has 0 spiro atoms. The number of rotatable bonds is 2. The maximum absolute atomic E-state index is 11.0. The van der Waals surface area contributed by atoms with Gasteiger partial charge in [-0.3, -0.25) is 9.48 Å². The van der Waals surface area contributed by atoms with E-state index in [1.54, 1.807) is 27.0 Å². The fraction of sp³-hybridized carbons (Fsp3) is 0.500. The van der Waals surface area contributed by atoms with Crippen molar-refractivity contribution in [1.82, 2.24) is 14.8 Å². The summed E-state index contributed by atoms with van der Waals surface area (Å²) in [5.41, 5.74) is 0. The average molecular weight is 178 g/mol. The first-order chi connectivity index (χ1) is 6.06. The second kappa shape index (κ2) is 3.35. The maximum atomic E-state index is 11.0. The van der Waals surface area contributed by atoms with Gasteiger partial charge in [-0.25, -0.2) is 4.98 Å². The van der Waals surface area contributed by atoms with Crippen LogP contribution in [0.3, 0.4) is 0 Å². The molecule has 1 unspecified atom stereocenters. The minimum Gasteiger partial charge on any atom is -0.282 e. The number of nitrogens with zero attached hydrogens (tertiary/aromatic N) is 4. The van der Waals surface area contributed by atoms with Gasteiger partial charge in [-0.1, -0.05) is 0 Å². The fourth-order valence-corrected chi connectivity index (χ4v) is 1.12. The van der Waals surface area contributed by atoms with Crippen molar-refractivity contribution in [1.29, 1.82) is 5.26 Å². The quantitative estimate of drug-likeness (QED) is 0.611. The van der Waals surface area contributed by atoms with Crippen molar-refractivity contribution < 1.29 is 4.79 Å². The third kappa shape index (κ3) is 1.72. The van der Waals surface area contributed by atoms with E-state index < -0.39 is 11.7 Å². The average Bonchev–Trinajstić information content (AvgIpc) is 2.42. The van der Waals surface area contributed by atoms with Crippen LogP contribution in [0, 0.1) is 18.3 Å². The van der Waals surface area contributed by atoms with Crippen LogP contribution in [-0.4, -0.2) is 20.5 Å². The van der Waals surface area contributed by atoms with E-state index in [0.29, 0.717) is 11.6 Å². The molecule has 13 heavy (non-hydrogen) atoms. The van der Waals surface area contributed by atoms with Crippen LogP contribution in [0.5, 0.6) is 0 Å². The van der Waals surface area contributed by atoms with Gasteiger partial charge in [0.15, 0.2) is 0 Å². The molecule has 0 aliphatic heterocycles. The van der Waals surface area contributed by atoms with Crippen molar-refractivity contribution in [3.63, 3.8) is 0 Å². The molecule has 0 saturated heterocycles. The van der Waals surface area contributed by atoms with Gasteiger partial charge in [0.25, 0.3) is 0 Å². The minimum absolute atomic E-state index is 0.490. The van der Waals surface area contributed by atoms with Crippen LogP contribution >= 0.6 is 0 Å². The van der Waals surface area contributed by atoms with Crippen LogP contribution in [0.1, 0.15) is 24.5 Å². The predicted octanol–water partition coefficient (Wildman–Crippen LogP) is 0.320. The number of ketones is 1. The van der Waals surface area contributed by atoms with E-state index in [0.717, 1.165) is 0 Å². The van der Waals surface area contributed by atoms with Crippen molar-refractivity contribution >= 4 is 5.78 Å². The van der Waals surface area contributed by atoms with Crippen LogP contribution in [0.15, 0.2) is 0 Å². The summed E-state index contributed by atoms with van der Waals surface area (Å²) in [7, 11) is 1.70. The van der Waals surface area contributed by atoms with Crippen molar-refractivity contribution in [3.05, 3.63) is 11.6 Å². The molecule has 0 radical (unpaired) electrons. The summed E-state index contributed by atoms with van der Waals surface area (Å²) in [5.74, 6) is 0.144. The number of aromatic nitrogens is 3. The first-order valence-electron chi connectivity index (χ1n) is 3.87. The third-order valence-corrected chi connectivity index (χ3v) is 1.79. The highest BCUT2D eigenvalue weighted by molar-refractivity contribution is 5.97. The number of Topliss-reactive ketones (excluding diaryl/α,β-unsaturated/α-hetero) is 1. The number of aryl methyl sites for hydroxylation is 2. The van der Waals surface area contributed by atoms with E-state index >= 15 is 0 Å². The molecule has 0 aliphatic carbocycles. The Labute approximate surface area is 76.0 Å². The summed E-state index contributed by atoms with van der Waals surface area (Å²) in [5, 5.41) is 12.4. The lowest BCUT2D eigenvalue weighted by molar-refractivity contribution is -0.115. The van der Waals surface area contributed by atoms with E-state index in [4.69, 9.17) is 5.26 Å². The zero-order chi connectivity index (χ0) is 10.0. The second-order valence-electron chi connectivity index (χ2n) is 2.84. The van der Waals surface area contributed by atoms with Gasteiger partial charge in [0.1, 0.15) is 17.7 Å². The Hall–Kier alpha value is -1.70. The highest BCUT2D eigenvalue weighted by atomic mass is 16.1. The predicted molar refractivity (Wildman–Crippen MR) is 44.8 cm³/mol. The van der Waals surface area contributed by atoms with E-state index in [-0.39, 0.29) is 0 Å². The normalized spacial score (nSPS) is 12.2. The molecule has 0 bridgehead atoms. The Kier molecular flexibility index (Phi) is 2.42. The molecule has 0 amide bonds. The molecule has 0 aliphatic rings.